The third kappa shape index (κ3) is 8.12. The molecule has 0 unspecified atom stereocenters. The van der Waals surface area contributed by atoms with Gasteiger partial charge in [0.1, 0.15) is 5.60 Å². The van der Waals surface area contributed by atoms with E-state index < -0.39 is 5.60 Å². The molecule has 1 aromatic heterocycles. The minimum absolute atomic E-state index is 0.351. The SMILES string of the molecule is Cc1csc(CCNCCCNC(=O)OC(C)(C)C)n1. The average Bonchev–Trinajstić information content (AvgIpc) is 2.71. The fourth-order valence-corrected chi connectivity index (χ4v) is 2.33. The lowest BCUT2D eigenvalue weighted by molar-refractivity contribution is 0.0527. The number of amides is 1. The number of carbonyl (C=O) groups is 1. The Balaban J connectivity index is 1.96. The summed E-state index contributed by atoms with van der Waals surface area (Å²) in [5.74, 6) is 0. The quantitative estimate of drug-likeness (QED) is 0.759. The van der Waals surface area contributed by atoms with Gasteiger partial charge in [-0.05, 0) is 40.7 Å². The van der Waals surface area contributed by atoms with E-state index in [2.05, 4.69) is 21.0 Å². The predicted octanol–water partition coefficient (Wildman–Crippen LogP) is 2.50. The minimum atomic E-state index is -0.436. The number of aryl methyl sites for hydroxylation is 1. The minimum Gasteiger partial charge on any atom is -0.444 e. The fraction of sp³-hybridized carbons (Fsp3) is 0.714. The van der Waals surface area contributed by atoms with Crippen LogP contribution in [0.25, 0.3) is 0 Å². The molecule has 1 heterocycles. The highest BCUT2D eigenvalue weighted by atomic mass is 32.1. The lowest BCUT2D eigenvalue weighted by atomic mass is 10.2. The summed E-state index contributed by atoms with van der Waals surface area (Å²) in [6, 6.07) is 0. The molecule has 1 amide bonds. The van der Waals surface area contributed by atoms with Crippen LogP contribution in [0.5, 0.6) is 0 Å². The lowest BCUT2D eigenvalue weighted by Gasteiger charge is -2.19. The number of thiazole rings is 1. The maximum absolute atomic E-state index is 11.4. The van der Waals surface area contributed by atoms with Gasteiger partial charge in [-0.15, -0.1) is 11.3 Å². The first kappa shape index (κ1) is 16.9. The van der Waals surface area contributed by atoms with Crippen LogP contribution in [0.4, 0.5) is 4.79 Å². The van der Waals surface area contributed by atoms with Gasteiger partial charge < -0.3 is 15.4 Å². The molecule has 0 atom stereocenters. The van der Waals surface area contributed by atoms with Gasteiger partial charge in [-0.3, -0.25) is 0 Å². The van der Waals surface area contributed by atoms with E-state index in [0.29, 0.717) is 6.54 Å². The summed E-state index contributed by atoms with van der Waals surface area (Å²) in [4.78, 5) is 15.8. The molecule has 0 aromatic carbocycles. The highest BCUT2D eigenvalue weighted by Crippen LogP contribution is 2.08. The highest BCUT2D eigenvalue weighted by molar-refractivity contribution is 7.09. The fourth-order valence-electron chi connectivity index (χ4n) is 1.56. The second kappa shape index (κ2) is 8.21. The van der Waals surface area contributed by atoms with Crippen molar-refractivity contribution in [1.82, 2.24) is 15.6 Å². The summed E-state index contributed by atoms with van der Waals surface area (Å²) in [5, 5.41) is 9.32. The zero-order valence-electron chi connectivity index (χ0n) is 12.8. The molecule has 114 valence electrons. The van der Waals surface area contributed by atoms with Crippen molar-refractivity contribution < 1.29 is 9.53 Å². The van der Waals surface area contributed by atoms with Gasteiger partial charge in [0.25, 0.3) is 0 Å². The topological polar surface area (TPSA) is 63.2 Å². The zero-order valence-corrected chi connectivity index (χ0v) is 13.6. The van der Waals surface area contributed by atoms with Crippen molar-refractivity contribution in [2.24, 2.45) is 0 Å². The summed E-state index contributed by atoms with van der Waals surface area (Å²) in [5.41, 5.74) is 0.653. The van der Waals surface area contributed by atoms with Crippen LogP contribution in [0.3, 0.4) is 0 Å². The van der Waals surface area contributed by atoms with Gasteiger partial charge >= 0.3 is 6.09 Å². The number of nitrogens with zero attached hydrogens (tertiary/aromatic N) is 1. The normalized spacial score (nSPS) is 11.4. The van der Waals surface area contributed by atoms with E-state index in [4.69, 9.17) is 4.74 Å². The summed E-state index contributed by atoms with van der Waals surface area (Å²) in [7, 11) is 0. The highest BCUT2D eigenvalue weighted by Gasteiger charge is 2.15. The van der Waals surface area contributed by atoms with Crippen LogP contribution < -0.4 is 10.6 Å². The van der Waals surface area contributed by atoms with Crippen molar-refractivity contribution in [3.63, 3.8) is 0 Å². The number of carbonyl (C=O) groups excluding carboxylic acids is 1. The van der Waals surface area contributed by atoms with Gasteiger partial charge in [0.05, 0.1) is 5.01 Å². The second-order valence-electron chi connectivity index (χ2n) is 5.66. The van der Waals surface area contributed by atoms with Crippen LogP contribution in [0, 0.1) is 6.92 Å². The molecule has 0 aliphatic carbocycles. The molecule has 0 saturated carbocycles. The molecule has 0 spiro atoms. The number of ether oxygens (including phenoxy) is 1. The summed E-state index contributed by atoms with van der Waals surface area (Å²) in [6.07, 6.45) is 1.49. The van der Waals surface area contributed by atoms with Crippen molar-refractivity contribution in [3.05, 3.63) is 16.1 Å². The number of nitrogens with one attached hydrogen (secondary N) is 2. The molecule has 6 heteroatoms. The van der Waals surface area contributed by atoms with E-state index in [1.807, 2.05) is 27.7 Å². The van der Waals surface area contributed by atoms with E-state index in [0.717, 1.165) is 31.6 Å². The number of hydrogen-bond acceptors (Lipinski definition) is 5. The molecule has 0 aliphatic rings. The third-order valence-electron chi connectivity index (χ3n) is 2.38. The molecule has 0 aliphatic heterocycles. The Morgan fingerprint density at radius 2 is 2.10 bits per heavy atom. The van der Waals surface area contributed by atoms with E-state index in [1.165, 1.54) is 5.01 Å². The van der Waals surface area contributed by atoms with Crippen LogP contribution in [0.15, 0.2) is 5.38 Å². The number of aromatic nitrogens is 1. The molecule has 1 rings (SSSR count). The smallest absolute Gasteiger partial charge is 0.407 e. The van der Waals surface area contributed by atoms with E-state index in [1.54, 1.807) is 11.3 Å². The van der Waals surface area contributed by atoms with Gasteiger partial charge in [-0.1, -0.05) is 0 Å². The van der Waals surface area contributed by atoms with Gasteiger partial charge in [-0.2, -0.15) is 0 Å². The molecule has 0 radical (unpaired) electrons. The Kier molecular flexibility index (Phi) is 6.95. The van der Waals surface area contributed by atoms with Gasteiger partial charge in [0, 0.05) is 30.6 Å². The Labute approximate surface area is 125 Å². The molecule has 2 N–H and O–H groups in total. The van der Waals surface area contributed by atoms with Crippen molar-refractivity contribution in [2.75, 3.05) is 19.6 Å². The summed E-state index contributed by atoms with van der Waals surface area (Å²) >= 11 is 1.70. The molecular weight excluding hydrogens is 274 g/mol. The molecule has 1 aromatic rings. The first-order valence-electron chi connectivity index (χ1n) is 6.95. The van der Waals surface area contributed by atoms with Crippen molar-refractivity contribution in [3.8, 4) is 0 Å². The molecule has 20 heavy (non-hydrogen) atoms. The number of hydrogen-bond donors (Lipinski definition) is 2. The average molecular weight is 299 g/mol. The molecule has 5 nitrogen and oxygen atoms in total. The number of rotatable bonds is 7. The van der Waals surface area contributed by atoms with Crippen LogP contribution in [0.2, 0.25) is 0 Å². The van der Waals surface area contributed by atoms with Gasteiger partial charge in [0.15, 0.2) is 0 Å². The maximum atomic E-state index is 11.4. The molecule has 0 bridgehead atoms. The van der Waals surface area contributed by atoms with Crippen LogP contribution >= 0.6 is 11.3 Å². The van der Waals surface area contributed by atoms with Gasteiger partial charge in [-0.25, -0.2) is 9.78 Å². The Bertz CT molecular complexity index is 413. The number of alkyl carbamates (subject to hydrolysis) is 1. The molecule has 0 saturated heterocycles. The Morgan fingerprint density at radius 1 is 1.35 bits per heavy atom. The largest absolute Gasteiger partial charge is 0.444 e. The maximum Gasteiger partial charge on any atom is 0.407 e. The van der Waals surface area contributed by atoms with Crippen LogP contribution in [-0.4, -0.2) is 36.3 Å². The predicted molar refractivity (Wildman–Crippen MR) is 82.3 cm³/mol. The lowest BCUT2D eigenvalue weighted by Crippen LogP contribution is -2.34. The second-order valence-corrected chi connectivity index (χ2v) is 6.61. The first-order chi connectivity index (χ1) is 9.37. The Hall–Kier alpha value is -1.14. The summed E-state index contributed by atoms with van der Waals surface area (Å²) in [6.45, 7) is 9.99. The van der Waals surface area contributed by atoms with Crippen molar-refractivity contribution in [1.29, 1.82) is 0 Å². The molecule has 0 fully saturated rings. The van der Waals surface area contributed by atoms with Crippen LogP contribution in [0.1, 0.15) is 37.9 Å². The zero-order chi connectivity index (χ0) is 15.0. The molecular formula is C14H25N3O2S. The summed E-state index contributed by atoms with van der Waals surface area (Å²) < 4.78 is 5.15. The monoisotopic (exact) mass is 299 g/mol. The Morgan fingerprint density at radius 3 is 2.70 bits per heavy atom. The standard InChI is InChI=1S/C14H25N3O2S/c1-11-10-20-12(17-11)6-9-15-7-5-8-16-13(18)19-14(2,3)4/h10,15H,5-9H2,1-4H3,(H,16,18). The first-order valence-corrected chi connectivity index (χ1v) is 7.83. The van der Waals surface area contributed by atoms with E-state index >= 15 is 0 Å². The van der Waals surface area contributed by atoms with E-state index in [9.17, 15) is 4.79 Å². The van der Waals surface area contributed by atoms with Crippen molar-refractivity contribution >= 4 is 17.4 Å². The van der Waals surface area contributed by atoms with Crippen LogP contribution in [-0.2, 0) is 11.2 Å². The van der Waals surface area contributed by atoms with Gasteiger partial charge in [0.2, 0.25) is 0 Å². The third-order valence-corrected chi connectivity index (χ3v) is 3.41. The van der Waals surface area contributed by atoms with E-state index in [-0.39, 0.29) is 6.09 Å². The van der Waals surface area contributed by atoms with Crippen molar-refractivity contribution in [2.45, 2.75) is 46.1 Å².